The summed E-state index contributed by atoms with van der Waals surface area (Å²) in [4.78, 5) is 0. The molecule has 0 radical (unpaired) electrons. The molecule has 1 fully saturated rings. The van der Waals surface area contributed by atoms with Crippen LogP contribution in [0.5, 0.6) is 0 Å². The smallest absolute Gasteiger partial charge is 0.0511 e. The SMILES string of the molecule is CC(C)(C)[Si]1(C(C)(C)C)[Si](C(C)(C)C)(C(C)(C)C)[Si]1(C(C)(C)C)C(C)(C)C. The normalized spacial score (nSPS) is 23.3. The van der Waals surface area contributed by atoms with Gasteiger partial charge < -0.3 is 0 Å². The summed E-state index contributed by atoms with van der Waals surface area (Å²) >= 11 is 0. The van der Waals surface area contributed by atoms with Gasteiger partial charge in [0, 0.05) is 0 Å². The minimum Gasteiger partial charge on any atom is -0.0630 e. The molecule has 0 aromatic heterocycles. The van der Waals surface area contributed by atoms with Gasteiger partial charge in [-0.05, 0) is 30.2 Å². The number of hydrogen-bond donors (Lipinski definition) is 0. The van der Waals surface area contributed by atoms with Gasteiger partial charge in [0.2, 0.25) is 0 Å². The van der Waals surface area contributed by atoms with Gasteiger partial charge in [0.25, 0.3) is 0 Å². The predicted molar refractivity (Wildman–Crippen MR) is 136 cm³/mol. The molecule has 0 aromatic rings. The van der Waals surface area contributed by atoms with Crippen LogP contribution in [0.25, 0.3) is 0 Å². The first-order chi connectivity index (χ1) is 11.2. The Morgan fingerprint density at radius 3 is 0.333 bits per heavy atom. The summed E-state index contributed by atoms with van der Waals surface area (Å²) in [5.41, 5.74) is 0. The maximum Gasteiger partial charge on any atom is 0.0511 e. The average molecular weight is 427 g/mol. The predicted octanol–water partition coefficient (Wildman–Crippen LogP) is 9.38. The van der Waals surface area contributed by atoms with Crippen molar-refractivity contribution in [1.29, 1.82) is 0 Å². The van der Waals surface area contributed by atoms with Crippen molar-refractivity contribution in [3.63, 3.8) is 0 Å². The van der Waals surface area contributed by atoms with E-state index in [9.17, 15) is 0 Å². The molecule has 0 unspecified atom stereocenters. The Labute approximate surface area is 176 Å². The molecule has 0 N–H and O–H groups in total. The van der Waals surface area contributed by atoms with Gasteiger partial charge in [-0.15, -0.1) is 0 Å². The van der Waals surface area contributed by atoms with E-state index in [2.05, 4.69) is 125 Å². The van der Waals surface area contributed by atoms with Gasteiger partial charge in [-0.3, -0.25) is 0 Å². The van der Waals surface area contributed by atoms with Gasteiger partial charge in [-0.1, -0.05) is 125 Å². The molecule has 162 valence electrons. The molecule has 0 saturated carbocycles. The Morgan fingerprint density at radius 2 is 0.296 bits per heavy atom. The van der Waals surface area contributed by atoms with E-state index in [1.807, 2.05) is 0 Å². The quantitative estimate of drug-likeness (QED) is 0.338. The first kappa shape index (κ1) is 25.7. The molecule has 0 atom stereocenters. The molecule has 0 aromatic carbocycles. The Bertz CT molecular complexity index is 432. The number of rotatable bonds is 0. The summed E-state index contributed by atoms with van der Waals surface area (Å²) in [6, 6.07) is 0. The van der Waals surface area contributed by atoms with Crippen LogP contribution in [0.4, 0.5) is 0 Å². The highest BCUT2D eigenvalue weighted by Gasteiger charge is 3.02. The zero-order valence-corrected chi connectivity index (χ0v) is 25.5. The third kappa shape index (κ3) is 2.55. The minimum atomic E-state index is -1.68. The summed E-state index contributed by atoms with van der Waals surface area (Å²) in [6.07, 6.45) is 0. The summed E-state index contributed by atoms with van der Waals surface area (Å²) in [5, 5.41) is 2.70. The summed E-state index contributed by atoms with van der Waals surface area (Å²) in [7, 11) is -5.04. The molecule has 1 rings (SSSR count). The molecule has 1 aliphatic heterocycles. The molecule has 0 spiro atoms. The van der Waals surface area contributed by atoms with Crippen molar-refractivity contribution in [2.75, 3.05) is 0 Å². The van der Waals surface area contributed by atoms with Crippen LogP contribution in [0.2, 0.25) is 30.2 Å². The van der Waals surface area contributed by atoms with E-state index in [4.69, 9.17) is 0 Å². The Balaban J connectivity index is 4.53. The van der Waals surface area contributed by atoms with E-state index >= 15 is 0 Å². The Kier molecular flexibility index (Phi) is 5.59. The third-order valence-corrected chi connectivity index (χ3v) is 77.6. The Hall–Kier alpha value is 0.651. The van der Waals surface area contributed by atoms with Crippen molar-refractivity contribution in [1.82, 2.24) is 0 Å². The molecular weight excluding hydrogens is 373 g/mol. The van der Waals surface area contributed by atoms with Crippen LogP contribution in [0.1, 0.15) is 125 Å². The summed E-state index contributed by atoms with van der Waals surface area (Å²) < 4.78 is 0. The van der Waals surface area contributed by atoms with Crippen molar-refractivity contribution >= 4 is 21.3 Å². The van der Waals surface area contributed by atoms with E-state index in [0.717, 1.165) is 0 Å². The molecule has 0 bridgehead atoms. The highest BCUT2D eigenvalue weighted by molar-refractivity contribution is 8.16. The van der Waals surface area contributed by atoms with Crippen molar-refractivity contribution in [3.05, 3.63) is 0 Å². The van der Waals surface area contributed by atoms with Crippen molar-refractivity contribution in [2.45, 2.75) is 155 Å². The molecule has 1 aliphatic rings. The van der Waals surface area contributed by atoms with Gasteiger partial charge in [-0.2, -0.15) is 0 Å². The van der Waals surface area contributed by atoms with Gasteiger partial charge in [-0.25, -0.2) is 0 Å². The largest absolute Gasteiger partial charge is 0.0630 e. The zero-order valence-electron chi connectivity index (χ0n) is 22.5. The molecule has 3 heteroatoms. The van der Waals surface area contributed by atoms with Gasteiger partial charge in [0.15, 0.2) is 0 Å². The van der Waals surface area contributed by atoms with Crippen LogP contribution in [-0.2, 0) is 0 Å². The Morgan fingerprint density at radius 1 is 0.222 bits per heavy atom. The summed E-state index contributed by atoms with van der Waals surface area (Å²) in [5.74, 6) is 0. The standard InChI is InChI=1S/C24H54Si3/c1-19(2,3)25(20(4,5)6)26(21(7,8)9,22(10,11)12)27(25,23(13,14)15)24(16,17)18/h1-18H3. The topological polar surface area (TPSA) is 0 Å². The molecule has 1 heterocycles. The molecular formula is C24H54Si3. The van der Waals surface area contributed by atoms with Crippen LogP contribution in [0, 0.1) is 0 Å². The fraction of sp³-hybridized carbons (Fsp3) is 1.00. The van der Waals surface area contributed by atoms with Gasteiger partial charge in [0.1, 0.15) is 0 Å². The second kappa shape index (κ2) is 5.87. The lowest BCUT2D eigenvalue weighted by molar-refractivity contribution is 0.619. The van der Waals surface area contributed by atoms with Crippen LogP contribution in [0.3, 0.4) is 0 Å². The highest BCUT2D eigenvalue weighted by atomic mass is 30.2. The lowest BCUT2D eigenvalue weighted by Crippen LogP contribution is -2.57. The van der Waals surface area contributed by atoms with Gasteiger partial charge in [0.05, 0.1) is 21.3 Å². The lowest BCUT2D eigenvalue weighted by Gasteiger charge is -2.53. The average Bonchev–Trinajstić information content (AvgIpc) is 2.86. The fourth-order valence-electron chi connectivity index (χ4n) is 10.7. The van der Waals surface area contributed by atoms with E-state index in [0.29, 0.717) is 30.2 Å². The van der Waals surface area contributed by atoms with Crippen LogP contribution in [-0.4, -0.2) is 21.3 Å². The van der Waals surface area contributed by atoms with Crippen LogP contribution < -0.4 is 0 Å². The first-order valence-corrected chi connectivity index (χ1v) is 20.2. The molecule has 0 amide bonds. The second-order valence-corrected chi connectivity index (χ2v) is 47.2. The van der Waals surface area contributed by atoms with Crippen molar-refractivity contribution < 1.29 is 0 Å². The highest BCUT2D eigenvalue weighted by Crippen LogP contribution is 2.90. The second-order valence-electron chi connectivity index (χ2n) is 15.8. The lowest BCUT2D eigenvalue weighted by atomic mass is 10.2. The van der Waals surface area contributed by atoms with Crippen molar-refractivity contribution in [3.8, 4) is 0 Å². The van der Waals surface area contributed by atoms with Gasteiger partial charge >= 0.3 is 0 Å². The van der Waals surface area contributed by atoms with E-state index in [1.165, 1.54) is 0 Å². The summed E-state index contributed by atoms with van der Waals surface area (Å²) in [6.45, 7) is 47.9. The first-order valence-electron chi connectivity index (χ1n) is 11.2. The monoisotopic (exact) mass is 426 g/mol. The third-order valence-electron chi connectivity index (χ3n) is 8.38. The zero-order chi connectivity index (χ0) is 22.5. The molecule has 27 heavy (non-hydrogen) atoms. The van der Waals surface area contributed by atoms with E-state index < -0.39 is 21.3 Å². The number of hydrogen-bond acceptors (Lipinski definition) is 0. The maximum atomic E-state index is 2.66. The molecule has 1 saturated heterocycles. The minimum absolute atomic E-state index is 0.449. The maximum absolute atomic E-state index is 2.66. The fourth-order valence-corrected chi connectivity index (χ4v) is 137. The van der Waals surface area contributed by atoms with E-state index in [-0.39, 0.29) is 0 Å². The van der Waals surface area contributed by atoms with E-state index in [1.54, 1.807) is 0 Å². The molecule has 0 aliphatic carbocycles. The molecule has 0 nitrogen and oxygen atoms in total. The van der Waals surface area contributed by atoms with Crippen LogP contribution >= 0.6 is 0 Å². The van der Waals surface area contributed by atoms with Crippen LogP contribution in [0.15, 0.2) is 0 Å². The van der Waals surface area contributed by atoms with Crippen molar-refractivity contribution in [2.24, 2.45) is 0 Å².